The van der Waals surface area contributed by atoms with E-state index in [0.717, 1.165) is 22.5 Å². The second-order valence-electron chi connectivity index (χ2n) is 7.76. The standard InChI is InChI=1S/C25H20F3N3O2/c1-25(27,28)17-6-4-8-19(22(17)26)30-20(32)13-14-9-11-15(12-10-14)21-16-5-2-3-7-18(16)31-23(21)24(29)33/h2-12,31H,13H2,1H3,(H2,29,33)(H,30,32). The summed E-state index contributed by atoms with van der Waals surface area (Å²) in [5.74, 6) is -5.67. The van der Waals surface area contributed by atoms with Gasteiger partial charge in [0, 0.05) is 23.4 Å². The minimum absolute atomic E-state index is 0.0942. The van der Waals surface area contributed by atoms with Crippen molar-refractivity contribution in [3.05, 3.63) is 89.4 Å². The summed E-state index contributed by atoms with van der Waals surface area (Å²) in [6.07, 6.45) is -0.0942. The summed E-state index contributed by atoms with van der Waals surface area (Å²) in [5.41, 5.74) is 7.51. The molecular formula is C25H20F3N3O2. The lowest BCUT2D eigenvalue weighted by atomic mass is 9.99. The number of fused-ring (bicyclic) bond motifs is 1. The Morgan fingerprint density at radius 2 is 1.70 bits per heavy atom. The van der Waals surface area contributed by atoms with Crippen molar-refractivity contribution >= 4 is 28.4 Å². The maximum Gasteiger partial charge on any atom is 0.273 e. The fraction of sp³-hybridized carbons (Fsp3) is 0.120. The molecule has 0 saturated heterocycles. The Bertz CT molecular complexity index is 1360. The first-order chi connectivity index (χ1) is 15.6. The maximum atomic E-state index is 14.4. The number of rotatable bonds is 6. The minimum atomic E-state index is -3.37. The summed E-state index contributed by atoms with van der Waals surface area (Å²) in [6.45, 7) is 0.593. The Balaban J connectivity index is 1.55. The molecule has 4 rings (SSSR count). The molecule has 0 saturated carbocycles. The number of primary amides is 1. The maximum absolute atomic E-state index is 14.4. The summed E-state index contributed by atoms with van der Waals surface area (Å²) in [5, 5.41) is 3.18. The van der Waals surface area contributed by atoms with Crippen LogP contribution in [-0.4, -0.2) is 16.8 Å². The van der Waals surface area contributed by atoms with Crippen molar-refractivity contribution in [3.8, 4) is 11.1 Å². The highest BCUT2D eigenvalue weighted by Crippen LogP contribution is 2.33. The number of nitrogens with two attached hydrogens (primary N) is 1. The Morgan fingerprint density at radius 3 is 2.36 bits per heavy atom. The van der Waals surface area contributed by atoms with E-state index in [1.165, 1.54) is 12.1 Å². The predicted octanol–water partition coefficient (Wildman–Crippen LogP) is 5.37. The summed E-state index contributed by atoms with van der Waals surface area (Å²) < 4.78 is 41.4. The van der Waals surface area contributed by atoms with E-state index in [9.17, 15) is 22.8 Å². The first kappa shape index (κ1) is 22.1. The van der Waals surface area contributed by atoms with Crippen molar-refractivity contribution < 1.29 is 22.8 Å². The van der Waals surface area contributed by atoms with Gasteiger partial charge in [0.25, 0.3) is 11.8 Å². The van der Waals surface area contributed by atoms with Gasteiger partial charge in [-0.05, 0) is 29.3 Å². The van der Waals surface area contributed by atoms with Crippen molar-refractivity contribution in [2.75, 3.05) is 5.32 Å². The first-order valence-corrected chi connectivity index (χ1v) is 10.1. The largest absolute Gasteiger partial charge is 0.364 e. The molecule has 0 unspecified atom stereocenters. The number of aromatic nitrogens is 1. The van der Waals surface area contributed by atoms with Gasteiger partial charge in [0.2, 0.25) is 5.91 Å². The molecule has 0 atom stereocenters. The number of nitrogens with one attached hydrogen (secondary N) is 2. The molecule has 1 heterocycles. The number of benzene rings is 3. The van der Waals surface area contributed by atoms with Gasteiger partial charge in [-0.3, -0.25) is 9.59 Å². The van der Waals surface area contributed by atoms with E-state index >= 15 is 0 Å². The lowest BCUT2D eigenvalue weighted by molar-refractivity contribution is -0.115. The number of halogens is 3. The fourth-order valence-electron chi connectivity index (χ4n) is 3.76. The lowest BCUT2D eigenvalue weighted by Gasteiger charge is -2.14. The molecule has 0 radical (unpaired) electrons. The van der Waals surface area contributed by atoms with Crippen LogP contribution in [0, 0.1) is 5.82 Å². The normalized spacial score (nSPS) is 11.5. The quantitative estimate of drug-likeness (QED) is 0.368. The smallest absolute Gasteiger partial charge is 0.273 e. The van der Waals surface area contributed by atoms with Gasteiger partial charge in [-0.25, -0.2) is 13.2 Å². The van der Waals surface area contributed by atoms with Gasteiger partial charge in [-0.15, -0.1) is 0 Å². The molecule has 168 valence electrons. The summed E-state index contributed by atoms with van der Waals surface area (Å²) in [7, 11) is 0. The van der Waals surface area contributed by atoms with Crippen molar-refractivity contribution in [1.82, 2.24) is 4.98 Å². The molecule has 3 aromatic carbocycles. The fourth-order valence-corrected chi connectivity index (χ4v) is 3.76. The van der Waals surface area contributed by atoms with Crippen LogP contribution in [0.15, 0.2) is 66.7 Å². The zero-order chi connectivity index (χ0) is 23.8. The molecule has 4 aromatic rings. The molecule has 0 aliphatic heterocycles. The molecule has 0 bridgehead atoms. The molecule has 8 heteroatoms. The highest BCUT2D eigenvalue weighted by atomic mass is 19.3. The summed E-state index contributed by atoms with van der Waals surface area (Å²) in [6, 6.07) is 17.8. The zero-order valence-electron chi connectivity index (χ0n) is 17.6. The zero-order valence-corrected chi connectivity index (χ0v) is 17.6. The minimum Gasteiger partial charge on any atom is -0.364 e. The van der Waals surface area contributed by atoms with Crippen LogP contribution < -0.4 is 11.1 Å². The number of carbonyl (C=O) groups is 2. The highest BCUT2D eigenvalue weighted by Gasteiger charge is 2.29. The number of anilines is 1. The van der Waals surface area contributed by atoms with Crippen LogP contribution in [0.3, 0.4) is 0 Å². The second kappa shape index (κ2) is 8.46. The predicted molar refractivity (Wildman–Crippen MR) is 121 cm³/mol. The molecule has 33 heavy (non-hydrogen) atoms. The third kappa shape index (κ3) is 4.45. The number of H-pyrrole nitrogens is 1. The average Bonchev–Trinajstić information content (AvgIpc) is 3.15. The third-order valence-corrected chi connectivity index (χ3v) is 5.31. The number of amides is 2. The molecule has 1 aromatic heterocycles. The van der Waals surface area contributed by atoms with Gasteiger partial charge in [-0.2, -0.15) is 0 Å². The molecule has 2 amide bonds. The van der Waals surface area contributed by atoms with Gasteiger partial charge < -0.3 is 16.0 Å². The molecule has 5 nitrogen and oxygen atoms in total. The Hall–Kier alpha value is -4.07. The van der Waals surface area contributed by atoms with E-state index in [2.05, 4.69) is 10.3 Å². The molecule has 0 spiro atoms. The van der Waals surface area contributed by atoms with Crippen LogP contribution in [0.25, 0.3) is 22.0 Å². The van der Waals surface area contributed by atoms with Crippen LogP contribution in [0.4, 0.5) is 18.9 Å². The monoisotopic (exact) mass is 451 g/mol. The Morgan fingerprint density at radius 1 is 1.00 bits per heavy atom. The van der Waals surface area contributed by atoms with Crippen LogP contribution in [-0.2, 0) is 17.1 Å². The third-order valence-electron chi connectivity index (χ3n) is 5.31. The van der Waals surface area contributed by atoms with Crippen molar-refractivity contribution in [1.29, 1.82) is 0 Å². The first-order valence-electron chi connectivity index (χ1n) is 10.1. The van der Waals surface area contributed by atoms with Crippen molar-refractivity contribution in [3.63, 3.8) is 0 Å². The van der Waals surface area contributed by atoms with Crippen LogP contribution >= 0.6 is 0 Å². The number of alkyl halides is 2. The molecule has 0 fully saturated rings. The second-order valence-corrected chi connectivity index (χ2v) is 7.76. The molecule has 0 aliphatic rings. The van der Waals surface area contributed by atoms with Gasteiger partial charge in [0.05, 0.1) is 17.7 Å². The van der Waals surface area contributed by atoms with E-state index in [1.807, 2.05) is 24.3 Å². The Labute approximate surface area is 187 Å². The van der Waals surface area contributed by atoms with Crippen LogP contribution in [0.5, 0.6) is 0 Å². The number of hydrogen-bond acceptors (Lipinski definition) is 2. The van der Waals surface area contributed by atoms with Crippen LogP contribution in [0.1, 0.15) is 28.5 Å². The van der Waals surface area contributed by atoms with Crippen LogP contribution in [0.2, 0.25) is 0 Å². The van der Waals surface area contributed by atoms with E-state index < -0.39 is 29.1 Å². The van der Waals surface area contributed by atoms with Crippen molar-refractivity contribution in [2.45, 2.75) is 19.3 Å². The number of para-hydroxylation sites is 1. The van der Waals surface area contributed by atoms with Gasteiger partial charge >= 0.3 is 0 Å². The lowest BCUT2D eigenvalue weighted by Crippen LogP contribution is -2.17. The van der Waals surface area contributed by atoms with Gasteiger partial charge in [0.15, 0.2) is 5.82 Å². The van der Waals surface area contributed by atoms with E-state index in [1.54, 1.807) is 24.3 Å². The van der Waals surface area contributed by atoms with Gasteiger partial charge in [0.1, 0.15) is 5.69 Å². The SMILES string of the molecule is CC(F)(F)c1cccc(NC(=O)Cc2ccc(-c3c(C(N)=O)[nH]c4ccccc34)cc2)c1F. The van der Waals surface area contributed by atoms with E-state index in [-0.39, 0.29) is 17.8 Å². The average molecular weight is 451 g/mol. The summed E-state index contributed by atoms with van der Waals surface area (Å²) in [4.78, 5) is 27.3. The molecule has 0 aliphatic carbocycles. The van der Waals surface area contributed by atoms with E-state index in [0.29, 0.717) is 18.1 Å². The van der Waals surface area contributed by atoms with Gasteiger partial charge in [-0.1, -0.05) is 48.5 Å². The van der Waals surface area contributed by atoms with E-state index in [4.69, 9.17) is 5.73 Å². The molecular weight excluding hydrogens is 431 g/mol. The highest BCUT2D eigenvalue weighted by molar-refractivity contribution is 6.09. The number of hydrogen-bond donors (Lipinski definition) is 3. The number of aromatic amines is 1. The van der Waals surface area contributed by atoms with Crippen molar-refractivity contribution in [2.24, 2.45) is 5.73 Å². The number of carbonyl (C=O) groups excluding carboxylic acids is 2. The molecule has 4 N–H and O–H groups in total. The summed E-state index contributed by atoms with van der Waals surface area (Å²) >= 11 is 0. The Kier molecular flexibility index (Phi) is 5.68. The topological polar surface area (TPSA) is 88.0 Å².